The summed E-state index contributed by atoms with van der Waals surface area (Å²) >= 11 is 0. The van der Waals surface area contributed by atoms with E-state index in [9.17, 15) is 24.3 Å². The van der Waals surface area contributed by atoms with Gasteiger partial charge in [0.05, 0.1) is 62.1 Å². The summed E-state index contributed by atoms with van der Waals surface area (Å²) < 4.78 is 20.0. The highest BCUT2D eigenvalue weighted by molar-refractivity contribution is 5.99. The van der Waals surface area contributed by atoms with Crippen LogP contribution in [0.15, 0.2) is 97.1 Å². The van der Waals surface area contributed by atoms with Gasteiger partial charge in [-0.1, -0.05) is 36.4 Å². The molecule has 2 aliphatic rings. The molecule has 0 atom stereocenters. The normalized spacial score (nSPS) is 12.3. The van der Waals surface area contributed by atoms with Gasteiger partial charge in [0.25, 0.3) is 0 Å². The molecule has 1 N–H and O–H groups in total. The Bertz CT molecular complexity index is 2430. The molecule has 1 heterocycles. The third-order valence-corrected chi connectivity index (χ3v) is 10.8. The van der Waals surface area contributed by atoms with Crippen LogP contribution in [0, 0.1) is 0 Å². The molecule has 6 aromatic rings. The second-order valence-corrected chi connectivity index (χ2v) is 14.0. The van der Waals surface area contributed by atoms with Gasteiger partial charge in [0.2, 0.25) is 0 Å². The van der Waals surface area contributed by atoms with Gasteiger partial charge in [-0.05, 0) is 142 Å². The predicted octanol–water partition coefficient (Wildman–Crippen LogP) is 8.47. The van der Waals surface area contributed by atoms with E-state index in [1.54, 1.807) is 36.4 Å². The largest absolute Gasteiger partial charge is 0.508 e. The van der Waals surface area contributed by atoms with Gasteiger partial charge in [-0.15, -0.1) is 0 Å². The molecule has 10 heteroatoms. The molecule has 0 saturated carbocycles. The second kappa shape index (κ2) is 14.9. The number of methoxy groups -OCH3 is 4. The van der Waals surface area contributed by atoms with Gasteiger partial charge >= 0.3 is 23.9 Å². The molecule has 0 aliphatic heterocycles. The average molecular weight is 760 g/mol. The van der Waals surface area contributed by atoms with E-state index in [2.05, 4.69) is 24.3 Å². The number of hydrogen-bond acceptors (Lipinski definition) is 10. The van der Waals surface area contributed by atoms with Crippen molar-refractivity contribution in [1.29, 1.82) is 0 Å². The maximum atomic E-state index is 12.7. The summed E-state index contributed by atoms with van der Waals surface area (Å²) in [5.41, 5.74) is 13.6. The van der Waals surface area contributed by atoms with Gasteiger partial charge < -0.3 is 24.1 Å². The number of rotatable bonds is 7. The molecule has 57 heavy (non-hydrogen) atoms. The van der Waals surface area contributed by atoms with Crippen LogP contribution >= 0.6 is 0 Å². The summed E-state index contributed by atoms with van der Waals surface area (Å²) in [6.45, 7) is 0. The molecule has 0 unspecified atom stereocenters. The van der Waals surface area contributed by atoms with Crippen molar-refractivity contribution < 1.29 is 43.2 Å². The molecule has 5 aromatic carbocycles. The van der Waals surface area contributed by atoms with Crippen molar-refractivity contribution in [2.45, 2.75) is 25.7 Å². The Morgan fingerprint density at radius 2 is 0.825 bits per heavy atom. The van der Waals surface area contributed by atoms with Crippen molar-refractivity contribution in [3.8, 4) is 61.6 Å². The molecule has 8 rings (SSSR count). The summed E-state index contributed by atoms with van der Waals surface area (Å²) in [7, 11) is 5.17. The van der Waals surface area contributed by atoms with E-state index in [4.69, 9.17) is 23.9 Å². The maximum absolute atomic E-state index is 12.7. The monoisotopic (exact) mass is 759 g/mol. The highest BCUT2D eigenvalue weighted by Gasteiger charge is 2.30. The standard InChI is InChI=1S/C47H37NO9/c1-54-44(50)32-17-30(18-33(21-32)45(51)55-2)28-7-5-25-11-15-37-41(27-9-13-36(49)14-10-27)38-16-12-26-6-8-29(24-40(26)43(38)48-42(37)39(25)23-28)31-19-34(46(52)56-3)22-35(20-31)47(53)57-4/h5-10,13-14,17-24,49H,11-12,15-16H2,1-4H3. The highest BCUT2D eigenvalue weighted by atomic mass is 16.5. The molecule has 0 bridgehead atoms. The Labute approximate surface area is 328 Å². The fourth-order valence-electron chi connectivity index (χ4n) is 8.01. The zero-order chi connectivity index (χ0) is 40.0. The SMILES string of the molecule is COC(=O)c1cc(C(=O)OC)cc(-c2ccc3c(c2)-c2nc4c(c(-c5ccc(O)cc5)c2CC3)CCc2ccc(-c3cc(C(=O)OC)cc(C(=O)OC)c3)cc2-4)c1. The minimum atomic E-state index is -0.575. The molecule has 0 fully saturated rings. The van der Waals surface area contributed by atoms with Crippen LogP contribution in [0.4, 0.5) is 0 Å². The lowest BCUT2D eigenvalue weighted by molar-refractivity contribution is 0.0581. The number of aromatic hydroxyl groups is 1. The minimum absolute atomic E-state index is 0.168. The summed E-state index contributed by atoms with van der Waals surface area (Å²) in [4.78, 5) is 56.2. The Morgan fingerprint density at radius 1 is 0.456 bits per heavy atom. The summed E-state index contributed by atoms with van der Waals surface area (Å²) in [6, 6.07) is 29.2. The van der Waals surface area contributed by atoms with Crippen molar-refractivity contribution >= 4 is 23.9 Å². The zero-order valence-corrected chi connectivity index (χ0v) is 31.7. The van der Waals surface area contributed by atoms with E-state index in [1.165, 1.54) is 40.6 Å². The van der Waals surface area contributed by atoms with Crippen LogP contribution in [0.5, 0.6) is 5.75 Å². The van der Waals surface area contributed by atoms with Crippen molar-refractivity contribution in [1.82, 2.24) is 4.98 Å². The number of phenols is 1. The van der Waals surface area contributed by atoms with Crippen molar-refractivity contribution in [3.05, 3.63) is 142 Å². The van der Waals surface area contributed by atoms with Crippen LogP contribution < -0.4 is 0 Å². The van der Waals surface area contributed by atoms with Crippen LogP contribution in [0.2, 0.25) is 0 Å². The van der Waals surface area contributed by atoms with Gasteiger partial charge in [0, 0.05) is 11.1 Å². The summed E-state index contributed by atoms with van der Waals surface area (Å²) in [5.74, 6) is -2.13. The maximum Gasteiger partial charge on any atom is 0.337 e. The average Bonchev–Trinajstić information content (AvgIpc) is 3.26. The minimum Gasteiger partial charge on any atom is -0.508 e. The number of benzene rings is 5. The molecule has 0 spiro atoms. The lowest BCUT2D eigenvalue weighted by Gasteiger charge is -2.29. The van der Waals surface area contributed by atoms with Crippen molar-refractivity contribution in [3.63, 3.8) is 0 Å². The lowest BCUT2D eigenvalue weighted by Crippen LogP contribution is -2.15. The van der Waals surface area contributed by atoms with E-state index >= 15 is 0 Å². The smallest absolute Gasteiger partial charge is 0.337 e. The number of aromatic nitrogens is 1. The second-order valence-electron chi connectivity index (χ2n) is 14.0. The molecular weight excluding hydrogens is 723 g/mol. The lowest BCUT2D eigenvalue weighted by atomic mass is 9.77. The van der Waals surface area contributed by atoms with E-state index in [0.29, 0.717) is 11.1 Å². The number of nitrogens with zero attached hydrogens (tertiary/aromatic N) is 1. The molecule has 1 aromatic heterocycles. The number of carbonyl (C=O) groups is 4. The molecule has 284 valence electrons. The van der Waals surface area contributed by atoms with Crippen LogP contribution in [0.25, 0.3) is 55.9 Å². The predicted molar refractivity (Wildman–Crippen MR) is 213 cm³/mol. The van der Waals surface area contributed by atoms with E-state index < -0.39 is 23.9 Å². The van der Waals surface area contributed by atoms with Crippen LogP contribution in [0.1, 0.15) is 63.7 Å². The summed E-state index contributed by atoms with van der Waals surface area (Å²) in [5, 5.41) is 10.3. The third kappa shape index (κ3) is 6.69. The molecule has 0 radical (unpaired) electrons. The van der Waals surface area contributed by atoms with E-state index in [0.717, 1.165) is 92.7 Å². The first-order chi connectivity index (χ1) is 27.6. The fourth-order valence-corrected chi connectivity index (χ4v) is 8.01. The molecule has 2 aliphatic carbocycles. The van der Waals surface area contributed by atoms with Gasteiger partial charge in [-0.3, -0.25) is 0 Å². The number of hydrogen-bond donors (Lipinski definition) is 1. The van der Waals surface area contributed by atoms with Gasteiger partial charge in [-0.25, -0.2) is 24.2 Å². The molecule has 0 saturated heterocycles. The number of carbonyl (C=O) groups excluding carboxylic acids is 4. The summed E-state index contributed by atoms with van der Waals surface area (Å²) in [6.07, 6.45) is 3.02. The van der Waals surface area contributed by atoms with E-state index in [1.807, 2.05) is 24.3 Å². The van der Waals surface area contributed by atoms with Gasteiger partial charge in [-0.2, -0.15) is 0 Å². The molecule has 10 nitrogen and oxygen atoms in total. The number of aryl methyl sites for hydroxylation is 2. The van der Waals surface area contributed by atoms with Gasteiger partial charge in [0.15, 0.2) is 0 Å². The number of esters is 4. The van der Waals surface area contributed by atoms with Crippen LogP contribution in [-0.4, -0.2) is 62.4 Å². The first kappa shape index (κ1) is 36.9. The first-order valence-electron chi connectivity index (χ1n) is 18.4. The highest BCUT2D eigenvalue weighted by Crippen LogP contribution is 2.47. The number of pyridine rings is 1. The zero-order valence-electron chi connectivity index (χ0n) is 31.7. The fraction of sp³-hybridized carbons (Fsp3) is 0.170. The number of phenolic OH excluding ortho intramolecular Hbond substituents is 1. The molecule has 0 amide bonds. The van der Waals surface area contributed by atoms with Crippen molar-refractivity contribution in [2.75, 3.05) is 28.4 Å². The third-order valence-electron chi connectivity index (χ3n) is 10.8. The van der Waals surface area contributed by atoms with E-state index in [-0.39, 0.29) is 28.0 Å². The quantitative estimate of drug-likeness (QED) is 0.125. The van der Waals surface area contributed by atoms with Crippen molar-refractivity contribution in [2.24, 2.45) is 0 Å². The Morgan fingerprint density at radius 3 is 1.19 bits per heavy atom. The van der Waals surface area contributed by atoms with Crippen LogP contribution in [0.3, 0.4) is 0 Å². The number of ether oxygens (including phenoxy) is 4. The topological polar surface area (TPSA) is 138 Å². The first-order valence-corrected chi connectivity index (χ1v) is 18.4. The molecular formula is C47H37NO9. The Kier molecular flexibility index (Phi) is 9.63. The Hall–Kier alpha value is -7.07. The van der Waals surface area contributed by atoms with Crippen LogP contribution in [-0.2, 0) is 44.6 Å². The Balaban J connectivity index is 1.34. The number of fused-ring (bicyclic) bond motifs is 6. The van der Waals surface area contributed by atoms with Gasteiger partial charge in [0.1, 0.15) is 5.75 Å².